The van der Waals surface area contributed by atoms with Crippen molar-refractivity contribution in [3.05, 3.63) is 149 Å². The first-order valence-electron chi connectivity index (χ1n) is 15.4. The predicted molar refractivity (Wildman–Crippen MR) is 198 cm³/mol. The topological polar surface area (TPSA) is 115 Å². The lowest BCUT2D eigenvalue weighted by molar-refractivity contribution is -0.116. The third-order valence-electron chi connectivity index (χ3n) is 7.34. The summed E-state index contributed by atoms with van der Waals surface area (Å²) >= 11 is 7.47. The van der Waals surface area contributed by atoms with Crippen LogP contribution in [0.1, 0.15) is 26.7 Å². The van der Waals surface area contributed by atoms with Gasteiger partial charge in [-0.05, 0) is 66.2 Å². The minimum atomic E-state index is -0.626. The molecule has 254 valence electrons. The van der Waals surface area contributed by atoms with Gasteiger partial charge in [0.2, 0.25) is 5.91 Å². The number of benzene rings is 5. The van der Waals surface area contributed by atoms with Crippen molar-refractivity contribution in [2.45, 2.75) is 10.1 Å². The molecule has 1 atom stereocenters. The second-order valence-corrected chi connectivity index (χ2v) is 12.3. The van der Waals surface area contributed by atoms with Gasteiger partial charge in [-0.1, -0.05) is 72.3 Å². The van der Waals surface area contributed by atoms with Crippen LogP contribution < -0.4 is 30.2 Å². The highest BCUT2D eigenvalue weighted by Crippen LogP contribution is 2.38. The smallest absolute Gasteiger partial charge is 0.272 e. The summed E-state index contributed by atoms with van der Waals surface area (Å²) < 4.78 is 16.4. The summed E-state index contributed by atoms with van der Waals surface area (Å²) in [5.74, 6) is -0.0753. The molecule has 0 aliphatic rings. The molecule has 9 nitrogen and oxygen atoms in total. The van der Waals surface area contributed by atoms with Crippen molar-refractivity contribution < 1.29 is 28.6 Å². The van der Waals surface area contributed by atoms with Gasteiger partial charge in [0, 0.05) is 38.5 Å². The second kappa shape index (κ2) is 17.1. The van der Waals surface area contributed by atoms with Gasteiger partial charge >= 0.3 is 0 Å². The Hall–Kier alpha value is -5.71. The molecule has 0 saturated carbocycles. The molecule has 0 aromatic heterocycles. The second-order valence-electron chi connectivity index (χ2n) is 10.7. The lowest BCUT2D eigenvalue weighted by Gasteiger charge is -2.18. The van der Waals surface area contributed by atoms with Crippen LogP contribution in [0.3, 0.4) is 0 Å². The van der Waals surface area contributed by atoms with Crippen LogP contribution in [-0.4, -0.2) is 39.1 Å². The van der Waals surface area contributed by atoms with Crippen molar-refractivity contribution >= 4 is 58.5 Å². The molecule has 3 amide bonds. The van der Waals surface area contributed by atoms with Crippen LogP contribution in [-0.2, 0) is 9.59 Å². The lowest BCUT2D eigenvalue weighted by atomic mass is 10.1. The molecule has 0 radical (unpaired) electrons. The van der Waals surface area contributed by atoms with Gasteiger partial charge in [-0.2, -0.15) is 0 Å². The minimum absolute atomic E-state index is 0.0505. The van der Waals surface area contributed by atoms with Gasteiger partial charge in [0.25, 0.3) is 11.8 Å². The van der Waals surface area contributed by atoms with Crippen molar-refractivity contribution in [1.29, 1.82) is 0 Å². The first-order chi connectivity index (χ1) is 24.3. The molecular formula is C39H34ClN3O6S. The molecule has 0 bridgehead atoms. The lowest BCUT2D eigenvalue weighted by Crippen LogP contribution is -2.30. The van der Waals surface area contributed by atoms with E-state index >= 15 is 0 Å². The SMILES string of the molecule is COc1cc(OC)c(OC)cc1/C=C(/NC(=O)c1ccccc1)C(=O)Nc1cccc(SC(C(=O)Nc2cccc(Cl)c2)c2ccccc2)c1. The van der Waals surface area contributed by atoms with Crippen LogP contribution >= 0.6 is 23.4 Å². The Morgan fingerprint density at radius 3 is 1.96 bits per heavy atom. The molecule has 0 aliphatic carbocycles. The summed E-state index contributed by atoms with van der Waals surface area (Å²) in [4.78, 5) is 41.4. The van der Waals surface area contributed by atoms with E-state index in [1.165, 1.54) is 39.2 Å². The number of carbonyl (C=O) groups excluding carboxylic acids is 3. The fourth-order valence-corrected chi connectivity index (χ4v) is 6.19. The molecular weight excluding hydrogens is 674 g/mol. The largest absolute Gasteiger partial charge is 0.496 e. The van der Waals surface area contributed by atoms with Gasteiger partial charge in [-0.15, -0.1) is 11.8 Å². The maximum Gasteiger partial charge on any atom is 0.272 e. The van der Waals surface area contributed by atoms with Gasteiger partial charge in [0.15, 0.2) is 11.5 Å². The number of hydrogen-bond donors (Lipinski definition) is 3. The summed E-state index contributed by atoms with van der Waals surface area (Å²) in [6, 6.07) is 35.3. The highest BCUT2D eigenvalue weighted by Gasteiger charge is 2.23. The summed E-state index contributed by atoms with van der Waals surface area (Å²) in [6.45, 7) is 0. The van der Waals surface area contributed by atoms with Crippen LogP contribution in [0.2, 0.25) is 5.02 Å². The zero-order valence-corrected chi connectivity index (χ0v) is 29.0. The average Bonchev–Trinajstić information content (AvgIpc) is 3.14. The number of methoxy groups -OCH3 is 3. The molecule has 0 saturated heterocycles. The average molecular weight is 708 g/mol. The molecule has 5 aromatic rings. The van der Waals surface area contributed by atoms with Crippen molar-refractivity contribution in [3.63, 3.8) is 0 Å². The van der Waals surface area contributed by atoms with Gasteiger partial charge in [0.1, 0.15) is 16.7 Å². The molecule has 0 fully saturated rings. The van der Waals surface area contributed by atoms with E-state index in [-0.39, 0.29) is 11.6 Å². The van der Waals surface area contributed by atoms with E-state index in [4.69, 9.17) is 25.8 Å². The van der Waals surface area contributed by atoms with Crippen LogP contribution in [0.5, 0.6) is 17.2 Å². The standard InChI is InChI=1S/C39H34ClN3O6S/c1-47-33-24-35(49-3)34(48-2)21-27(33)20-32(43-37(44)26-14-8-5-9-15-26)38(45)41-30-18-11-19-31(23-30)50-36(25-12-6-4-7-13-25)39(46)42-29-17-10-16-28(40)22-29/h4-24,36H,1-3H3,(H,41,45)(H,42,46)(H,43,44)/b32-20+. The summed E-state index contributed by atoms with van der Waals surface area (Å²) in [7, 11) is 4.49. The maximum atomic E-state index is 13.9. The fraction of sp³-hybridized carbons (Fsp3) is 0.103. The maximum absolute atomic E-state index is 13.9. The van der Waals surface area contributed by atoms with Crippen LogP contribution in [0.4, 0.5) is 11.4 Å². The Morgan fingerprint density at radius 1 is 0.680 bits per heavy atom. The van der Waals surface area contributed by atoms with E-state index in [1.54, 1.807) is 84.9 Å². The number of halogens is 1. The Labute approximate surface area is 299 Å². The highest BCUT2D eigenvalue weighted by atomic mass is 35.5. The summed E-state index contributed by atoms with van der Waals surface area (Å²) in [5, 5.41) is 8.47. The number of carbonyl (C=O) groups is 3. The Kier molecular flexibility index (Phi) is 12.2. The van der Waals surface area contributed by atoms with E-state index in [9.17, 15) is 14.4 Å². The predicted octanol–water partition coefficient (Wildman–Crippen LogP) is 8.25. The third kappa shape index (κ3) is 9.25. The number of thioether (sulfide) groups is 1. The minimum Gasteiger partial charge on any atom is -0.496 e. The Balaban J connectivity index is 1.44. The monoisotopic (exact) mass is 707 g/mol. The molecule has 0 aliphatic heterocycles. The first kappa shape index (κ1) is 35.6. The number of rotatable bonds is 13. The quantitative estimate of drug-likeness (QED) is 0.0834. The fourth-order valence-electron chi connectivity index (χ4n) is 4.92. The number of nitrogens with one attached hydrogen (secondary N) is 3. The van der Waals surface area contributed by atoms with Crippen molar-refractivity contribution in [2.75, 3.05) is 32.0 Å². The van der Waals surface area contributed by atoms with Gasteiger partial charge in [-0.3, -0.25) is 14.4 Å². The van der Waals surface area contributed by atoms with E-state index < -0.39 is 17.1 Å². The molecule has 0 spiro atoms. The van der Waals surface area contributed by atoms with Crippen LogP contribution in [0.15, 0.2) is 132 Å². The van der Waals surface area contributed by atoms with Gasteiger partial charge < -0.3 is 30.2 Å². The first-order valence-corrected chi connectivity index (χ1v) is 16.6. The molecule has 11 heteroatoms. The highest BCUT2D eigenvalue weighted by molar-refractivity contribution is 8.00. The Bertz CT molecular complexity index is 2010. The van der Waals surface area contributed by atoms with Crippen LogP contribution in [0.25, 0.3) is 6.08 Å². The molecule has 50 heavy (non-hydrogen) atoms. The molecule has 5 rings (SSSR count). The Morgan fingerprint density at radius 2 is 1.30 bits per heavy atom. The van der Waals surface area contributed by atoms with Crippen molar-refractivity contribution in [2.24, 2.45) is 0 Å². The van der Waals surface area contributed by atoms with E-state index in [2.05, 4.69) is 16.0 Å². The molecule has 3 N–H and O–H groups in total. The zero-order chi connectivity index (χ0) is 35.5. The van der Waals surface area contributed by atoms with E-state index in [0.717, 1.165) is 10.5 Å². The van der Waals surface area contributed by atoms with Crippen LogP contribution in [0, 0.1) is 0 Å². The van der Waals surface area contributed by atoms with Crippen molar-refractivity contribution in [1.82, 2.24) is 5.32 Å². The number of hydrogen-bond acceptors (Lipinski definition) is 7. The van der Waals surface area contributed by atoms with E-state index in [1.807, 2.05) is 36.4 Å². The number of ether oxygens (including phenoxy) is 3. The molecule has 0 heterocycles. The van der Waals surface area contributed by atoms with Gasteiger partial charge in [0.05, 0.1) is 21.3 Å². The summed E-state index contributed by atoms with van der Waals surface area (Å²) in [5.41, 5.74) is 2.60. The molecule has 5 aromatic carbocycles. The number of anilines is 2. The van der Waals surface area contributed by atoms with Crippen molar-refractivity contribution in [3.8, 4) is 17.2 Å². The normalized spacial score (nSPS) is 11.6. The third-order valence-corrected chi connectivity index (χ3v) is 8.83. The van der Waals surface area contributed by atoms with E-state index in [0.29, 0.717) is 44.8 Å². The van der Waals surface area contributed by atoms with Gasteiger partial charge in [-0.25, -0.2) is 0 Å². The molecule has 1 unspecified atom stereocenters. The summed E-state index contributed by atoms with van der Waals surface area (Å²) in [6.07, 6.45) is 1.50. The zero-order valence-electron chi connectivity index (χ0n) is 27.4. The number of amides is 3.